The first-order chi connectivity index (χ1) is 18.0. The number of carbonyl (C=O) groups excluding carboxylic acids is 1. The van der Waals surface area contributed by atoms with Crippen molar-refractivity contribution in [2.75, 3.05) is 19.1 Å². The van der Waals surface area contributed by atoms with Gasteiger partial charge >= 0.3 is 5.97 Å². The molecule has 0 spiro atoms. The number of carboxylic acid groups (broad SMARTS) is 1. The summed E-state index contributed by atoms with van der Waals surface area (Å²) in [5.41, 5.74) is 4.53. The summed E-state index contributed by atoms with van der Waals surface area (Å²) in [6, 6.07) is 24.4. The van der Waals surface area contributed by atoms with Gasteiger partial charge in [-0.05, 0) is 29.3 Å². The summed E-state index contributed by atoms with van der Waals surface area (Å²) in [5.74, 6) is 5.99. The maximum Gasteiger partial charge on any atom is 0.354 e. The predicted molar refractivity (Wildman–Crippen MR) is 141 cm³/mol. The van der Waals surface area contributed by atoms with Gasteiger partial charge in [0.1, 0.15) is 11.5 Å². The zero-order valence-corrected chi connectivity index (χ0v) is 20.3. The number of aromatic carboxylic acids is 1. The lowest BCUT2D eigenvalue weighted by molar-refractivity contribution is -0.107. The highest BCUT2D eigenvalue weighted by molar-refractivity contribution is 5.86. The smallest absolute Gasteiger partial charge is 0.354 e. The molecule has 0 saturated heterocycles. The molecule has 0 fully saturated rings. The highest BCUT2D eigenvalue weighted by atomic mass is 16.5. The molecule has 1 amide bonds. The number of methoxy groups -OCH3 is 2. The molecule has 1 heterocycles. The largest absolute Gasteiger partial charge is 0.496 e. The van der Waals surface area contributed by atoms with Crippen LogP contribution in [-0.2, 0) is 11.3 Å². The maximum absolute atomic E-state index is 12.1. The molecule has 3 aromatic carbocycles. The average Bonchev–Trinajstić information content (AvgIpc) is 2.95. The Bertz CT molecular complexity index is 1490. The predicted octanol–water partition coefficient (Wildman–Crippen LogP) is 5.03. The monoisotopic (exact) mass is 492 g/mol. The third-order valence-corrected chi connectivity index (χ3v) is 5.70. The number of anilines is 1. The molecule has 0 aliphatic carbocycles. The van der Waals surface area contributed by atoms with Gasteiger partial charge < -0.3 is 19.5 Å². The fourth-order valence-corrected chi connectivity index (χ4v) is 3.83. The zero-order valence-electron chi connectivity index (χ0n) is 20.3. The first kappa shape index (κ1) is 25.0. The summed E-state index contributed by atoms with van der Waals surface area (Å²) in [5, 5.41) is 9.15. The van der Waals surface area contributed by atoms with Crippen molar-refractivity contribution in [2.24, 2.45) is 0 Å². The third-order valence-electron chi connectivity index (χ3n) is 5.70. The van der Waals surface area contributed by atoms with Crippen LogP contribution in [0.25, 0.3) is 11.1 Å². The molecular weight excluding hydrogens is 468 g/mol. The number of rotatable bonds is 8. The quantitative estimate of drug-likeness (QED) is 0.274. The summed E-state index contributed by atoms with van der Waals surface area (Å²) < 4.78 is 10.7. The first-order valence-corrected chi connectivity index (χ1v) is 11.4. The second-order valence-corrected chi connectivity index (χ2v) is 7.97. The van der Waals surface area contributed by atoms with Crippen LogP contribution < -0.4 is 14.4 Å². The number of hydrogen-bond donors (Lipinski definition) is 1. The van der Waals surface area contributed by atoms with Crippen molar-refractivity contribution in [3.8, 4) is 34.5 Å². The fraction of sp³-hybridized carbons (Fsp3) is 0.100. The van der Waals surface area contributed by atoms with Crippen LogP contribution in [0.15, 0.2) is 85.1 Å². The minimum absolute atomic E-state index is 0.133. The average molecular weight is 493 g/mol. The van der Waals surface area contributed by atoms with E-state index in [2.05, 4.69) is 16.8 Å². The molecule has 0 aliphatic rings. The Labute approximate surface area is 214 Å². The fourth-order valence-electron chi connectivity index (χ4n) is 3.83. The zero-order chi connectivity index (χ0) is 26.2. The lowest BCUT2D eigenvalue weighted by atomic mass is 10.0. The van der Waals surface area contributed by atoms with Crippen molar-refractivity contribution >= 4 is 18.1 Å². The van der Waals surface area contributed by atoms with E-state index in [1.54, 1.807) is 12.0 Å². The van der Waals surface area contributed by atoms with Crippen LogP contribution in [0.1, 0.15) is 27.2 Å². The van der Waals surface area contributed by atoms with Crippen LogP contribution in [0, 0.1) is 11.8 Å². The third kappa shape index (κ3) is 5.77. The molecular formula is C30H24N2O5. The Morgan fingerprint density at radius 1 is 0.919 bits per heavy atom. The van der Waals surface area contributed by atoms with Gasteiger partial charge in [-0.1, -0.05) is 66.4 Å². The molecule has 0 saturated carbocycles. The van der Waals surface area contributed by atoms with Crippen molar-refractivity contribution in [1.82, 2.24) is 4.98 Å². The SMILES string of the molecule is COc1cc(C(=O)O)ncc1C#Cc1ccccc1N(C=O)Cc1ccc(-c2ccccc2OC)cc1. The molecule has 0 unspecified atom stereocenters. The van der Waals surface area contributed by atoms with Gasteiger partial charge in [-0.25, -0.2) is 9.78 Å². The topological polar surface area (TPSA) is 89.0 Å². The van der Waals surface area contributed by atoms with E-state index in [0.29, 0.717) is 29.1 Å². The molecule has 184 valence electrons. The van der Waals surface area contributed by atoms with Crippen molar-refractivity contribution in [3.05, 3.63) is 107 Å². The van der Waals surface area contributed by atoms with Crippen molar-refractivity contribution < 1.29 is 24.2 Å². The number of ether oxygens (including phenoxy) is 2. The molecule has 1 aromatic heterocycles. The number of benzene rings is 3. The molecule has 0 atom stereocenters. The first-order valence-electron chi connectivity index (χ1n) is 11.4. The molecule has 7 nitrogen and oxygen atoms in total. The van der Waals surface area contributed by atoms with Gasteiger partial charge in [-0.15, -0.1) is 0 Å². The highest BCUT2D eigenvalue weighted by Crippen LogP contribution is 2.30. The van der Waals surface area contributed by atoms with Gasteiger partial charge in [-0.2, -0.15) is 0 Å². The van der Waals surface area contributed by atoms with Crippen LogP contribution in [0.5, 0.6) is 11.5 Å². The Kier molecular flexibility index (Phi) is 7.82. The van der Waals surface area contributed by atoms with Crippen LogP contribution >= 0.6 is 0 Å². The Balaban J connectivity index is 1.59. The van der Waals surface area contributed by atoms with E-state index in [4.69, 9.17) is 14.6 Å². The molecule has 4 aromatic rings. The number of aromatic nitrogens is 1. The summed E-state index contributed by atoms with van der Waals surface area (Å²) in [7, 11) is 3.08. The normalized spacial score (nSPS) is 10.1. The van der Waals surface area contributed by atoms with E-state index >= 15 is 0 Å². The summed E-state index contributed by atoms with van der Waals surface area (Å²) in [4.78, 5) is 28.8. The molecule has 1 N–H and O–H groups in total. The lowest BCUT2D eigenvalue weighted by Crippen LogP contribution is -2.21. The van der Waals surface area contributed by atoms with E-state index in [1.807, 2.05) is 72.8 Å². The van der Waals surface area contributed by atoms with E-state index in [-0.39, 0.29) is 5.69 Å². The summed E-state index contributed by atoms with van der Waals surface area (Å²) >= 11 is 0. The van der Waals surface area contributed by atoms with Crippen molar-refractivity contribution in [1.29, 1.82) is 0 Å². The molecule has 4 rings (SSSR count). The Morgan fingerprint density at radius 2 is 1.59 bits per heavy atom. The standard InChI is InChI=1S/C30H24N2O5/c1-36-28-10-6-4-8-25(28)22-13-11-21(12-14-22)19-32(20-33)27-9-5-3-7-23(27)15-16-24-18-31-26(30(34)35)17-29(24)37-2/h3-14,17-18,20H,19H2,1-2H3,(H,34,35). The van der Waals surface area contributed by atoms with Crippen LogP contribution in [0.3, 0.4) is 0 Å². The van der Waals surface area contributed by atoms with Gasteiger partial charge in [0.05, 0.1) is 32.0 Å². The highest BCUT2D eigenvalue weighted by Gasteiger charge is 2.12. The molecule has 0 aliphatic heterocycles. The summed E-state index contributed by atoms with van der Waals surface area (Å²) in [6.07, 6.45) is 2.14. The minimum Gasteiger partial charge on any atom is -0.496 e. The number of carboxylic acids is 1. The van der Waals surface area contributed by atoms with Crippen molar-refractivity contribution in [3.63, 3.8) is 0 Å². The van der Waals surface area contributed by atoms with Gasteiger partial charge in [-0.3, -0.25) is 4.79 Å². The van der Waals surface area contributed by atoms with Crippen LogP contribution in [0.2, 0.25) is 0 Å². The number of nitrogens with zero attached hydrogens (tertiary/aromatic N) is 2. The number of pyridine rings is 1. The van der Waals surface area contributed by atoms with Crippen molar-refractivity contribution in [2.45, 2.75) is 6.54 Å². The number of para-hydroxylation sites is 2. The number of hydrogen-bond acceptors (Lipinski definition) is 5. The minimum atomic E-state index is -1.15. The molecule has 0 radical (unpaired) electrons. The van der Waals surface area contributed by atoms with Crippen LogP contribution in [-0.4, -0.2) is 36.7 Å². The van der Waals surface area contributed by atoms with E-state index in [1.165, 1.54) is 19.4 Å². The second kappa shape index (κ2) is 11.6. The molecule has 7 heteroatoms. The molecule has 37 heavy (non-hydrogen) atoms. The van der Waals surface area contributed by atoms with Gasteiger partial charge in [0.15, 0.2) is 5.69 Å². The Hall–Kier alpha value is -5.09. The van der Waals surface area contributed by atoms with Gasteiger partial charge in [0, 0.05) is 23.4 Å². The van der Waals surface area contributed by atoms with Gasteiger partial charge in [0.2, 0.25) is 6.41 Å². The number of amides is 1. The maximum atomic E-state index is 12.1. The van der Waals surface area contributed by atoms with E-state index < -0.39 is 5.97 Å². The van der Waals surface area contributed by atoms with Crippen LogP contribution in [0.4, 0.5) is 5.69 Å². The Morgan fingerprint density at radius 3 is 2.30 bits per heavy atom. The lowest BCUT2D eigenvalue weighted by Gasteiger charge is -2.19. The second-order valence-electron chi connectivity index (χ2n) is 7.97. The van der Waals surface area contributed by atoms with E-state index in [9.17, 15) is 9.59 Å². The van der Waals surface area contributed by atoms with E-state index in [0.717, 1.165) is 28.8 Å². The number of carbonyl (C=O) groups is 2. The van der Waals surface area contributed by atoms with Gasteiger partial charge in [0.25, 0.3) is 0 Å². The molecule has 0 bridgehead atoms. The summed E-state index contributed by atoms with van der Waals surface area (Å²) in [6.45, 7) is 0.354.